The third kappa shape index (κ3) is 1.56. The molecule has 0 spiro atoms. The van der Waals surface area contributed by atoms with Crippen LogP contribution >= 0.6 is 0 Å². The van der Waals surface area contributed by atoms with Gasteiger partial charge in [-0.15, -0.1) is 0 Å². The summed E-state index contributed by atoms with van der Waals surface area (Å²) in [6.45, 7) is 2.75. The maximum Gasteiger partial charge on any atom is 0.300 e. The highest BCUT2D eigenvalue weighted by atomic mass is 16.6. The van der Waals surface area contributed by atoms with Crippen LogP contribution in [-0.4, -0.2) is 20.2 Å². The molecule has 9 nitrogen and oxygen atoms in total. The summed E-state index contributed by atoms with van der Waals surface area (Å²) in [5.41, 5.74) is -1.58. The van der Waals surface area contributed by atoms with Crippen LogP contribution in [0.5, 0.6) is 0 Å². The minimum absolute atomic E-state index is 0.0332. The van der Waals surface area contributed by atoms with Gasteiger partial charge in [0.1, 0.15) is 0 Å². The van der Waals surface area contributed by atoms with Crippen LogP contribution in [0.1, 0.15) is 19.4 Å². The van der Waals surface area contributed by atoms with E-state index in [9.17, 15) is 20.2 Å². The highest BCUT2D eigenvalue weighted by Gasteiger charge is 2.38. The number of non-ortho nitro benzene ring substituents is 1. The van der Waals surface area contributed by atoms with Gasteiger partial charge in [0, 0.05) is 24.8 Å². The van der Waals surface area contributed by atoms with Crippen molar-refractivity contribution in [1.82, 2.24) is 10.3 Å². The fraction of sp³-hybridized carbons (Fsp3) is 0.333. The molecule has 0 aliphatic heterocycles. The van der Waals surface area contributed by atoms with Crippen LogP contribution in [0.2, 0.25) is 0 Å². The quantitative estimate of drug-likeness (QED) is 0.600. The molecule has 0 amide bonds. The van der Waals surface area contributed by atoms with Crippen molar-refractivity contribution in [1.29, 1.82) is 0 Å². The van der Waals surface area contributed by atoms with Crippen molar-refractivity contribution >= 4 is 16.7 Å². The van der Waals surface area contributed by atoms with Gasteiger partial charge >= 0.3 is 5.69 Å². The number of rotatable bonds is 3. The van der Waals surface area contributed by atoms with Gasteiger partial charge in [-0.1, -0.05) is 0 Å². The van der Waals surface area contributed by atoms with Crippen LogP contribution in [0.15, 0.2) is 16.8 Å². The number of hydrogen-bond acceptors (Lipinski definition) is 7. The maximum atomic E-state index is 11.0. The lowest BCUT2D eigenvalue weighted by molar-refractivity contribution is -0.569. The first kappa shape index (κ1) is 11.9. The zero-order chi connectivity index (χ0) is 13.5. The van der Waals surface area contributed by atoms with Crippen LogP contribution in [0.4, 0.5) is 5.69 Å². The monoisotopic (exact) mass is 252 g/mol. The van der Waals surface area contributed by atoms with Gasteiger partial charge in [0.15, 0.2) is 5.52 Å². The van der Waals surface area contributed by atoms with Crippen molar-refractivity contribution in [3.8, 4) is 0 Å². The van der Waals surface area contributed by atoms with Crippen molar-refractivity contribution < 1.29 is 14.5 Å². The second kappa shape index (κ2) is 3.72. The molecule has 0 aliphatic rings. The second-order valence-electron chi connectivity index (χ2n) is 4.17. The van der Waals surface area contributed by atoms with Gasteiger partial charge in [-0.2, -0.15) is 0 Å². The molecule has 2 rings (SSSR count). The Morgan fingerprint density at radius 3 is 2.33 bits per heavy atom. The van der Waals surface area contributed by atoms with Crippen LogP contribution in [0, 0.1) is 20.2 Å². The first-order chi connectivity index (χ1) is 8.35. The number of fused-ring (bicyclic) bond motifs is 1. The third-order valence-electron chi connectivity index (χ3n) is 2.71. The van der Waals surface area contributed by atoms with Crippen LogP contribution in [-0.2, 0) is 5.54 Å². The largest absolute Gasteiger partial charge is 0.300 e. The Balaban J connectivity index is 2.77. The Bertz CT molecular complexity index is 647. The molecule has 0 saturated carbocycles. The molecule has 0 saturated heterocycles. The summed E-state index contributed by atoms with van der Waals surface area (Å²) in [6, 6.07) is 2.46. The van der Waals surface area contributed by atoms with Gasteiger partial charge in [0.05, 0.1) is 10.5 Å². The average molecular weight is 252 g/mol. The molecular weight excluding hydrogens is 244 g/mol. The van der Waals surface area contributed by atoms with E-state index in [0.29, 0.717) is 0 Å². The highest BCUT2D eigenvalue weighted by Crippen LogP contribution is 2.33. The number of hydrogen-bond donors (Lipinski definition) is 0. The average Bonchev–Trinajstić information content (AvgIpc) is 2.75. The van der Waals surface area contributed by atoms with E-state index >= 15 is 0 Å². The number of nitro groups is 2. The zero-order valence-corrected chi connectivity index (χ0v) is 9.48. The summed E-state index contributed by atoms with van der Waals surface area (Å²) in [4.78, 5) is 20.6. The van der Waals surface area contributed by atoms with Crippen molar-refractivity contribution in [2.24, 2.45) is 0 Å². The molecule has 2 aromatic rings. The lowest BCUT2D eigenvalue weighted by Crippen LogP contribution is -2.28. The van der Waals surface area contributed by atoms with E-state index in [1.165, 1.54) is 19.9 Å². The van der Waals surface area contributed by atoms with Gasteiger partial charge in [-0.3, -0.25) is 20.2 Å². The van der Waals surface area contributed by atoms with E-state index in [4.69, 9.17) is 0 Å². The predicted octanol–water partition coefficient (Wildman–Crippen LogP) is 1.64. The summed E-state index contributed by atoms with van der Waals surface area (Å²) in [5.74, 6) is 0. The van der Waals surface area contributed by atoms with E-state index in [2.05, 4.69) is 14.9 Å². The van der Waals surface area contributed by atoms with E-state index in [-0.39, 0.29) is 22.3 Å². The van der Waals surface area contributed by atoms with Crippen molar-refractivity contribution in [2.45, 2.75) is 19.4 Å². The Morgan fingerprint density at radius 1 is 1.17 bits per heavy atom. The lowest BCUT2D eigenvalue weighted by atomic mass is 9.93. The smallest absolute Gasteiger partial charge is 0.264 e. The fourth-order valence-electron chi connectivity index (χ4n) is 1.59. The normalized spacial score (nSPS) is 11.7. The third-order valence-corrected chi connectivity index (χ3v) is 2.71. The van der Waals surface area contributed by atoms with E-state index < -0.39 is 15.4 Å². The maximum absolute atomic E-state index is 11.0. The van der Waals surface area contributed by atoms with Crippen molar-refractivity contribution in [3.63, 3.8) is 0 Å². The number of benzene rings is 1. The highest BCUT2D eigenvalue weighted by molar-refractivity contribution is 5.86. The second-order valence-corrected chi connectivity index (χ2v) is 4.17. The first-order valence-electron chi connectivity index (χ1n) is 4.90. The SMILES string of the molecule is CC(C)(c1ccc([N+](=O)[O-])c2nonc12)[N+](=O)[O-]. The predicted molar refractivity (Wildman–Crippen MR) is 58.5 cm³/mol. The van der Waals surface area contributed by atoms with E-state index in [1.54, 1.807) is 0 Å². The molecule has 0 atom stereocenters. The fourth-order valence-corrected chi connectivity index (χ4v) is 1.59. The van der Waals surface area contributed by atoms with Crippen LogP contribution in [0.3, 0.4) is 0 Å². The van der Waals surface area contributed by atoms with Crippen LogP contribution < -0.4 is 0 Å². The van der Waals surface area contributed by atoms with Crippen LogP contribution in [0.25, 0.3) is 11.0 Å². The Labute approximate surface area is 99.7 Å². The molecule has 0 N–H and O–H groups in total. The summed E-state index contributed by atoms with van der Waals surface area (Å²) < 4.78 is 4.44. The molecule has 94 valence electrons. The lowest BCUT2D eigenvalue weighted by Gasteiger charge is -2.15. The van der Waals surface area contributed by atoms with Gasteiger partial charge in [-0.25, -0.2) is 4.63 Å². The standard InChI is InChI=1S/C9H8N4O5/c1-9(2,13(16)17)5-3-4-6(12(14)15)8-7(5)10-18-11-8/h3-4H,1-2H3. The number of aromatic nitrogens is 2. The number of nitro benzene ring substituents is 1. The molecule has 1 heterocycles. The van der Waals surface area contributed by atoms with Gasteiger partial charge < -0.3 is 0 Å². The molecule has 1 aromatic heterocycles. The summed E-state index contributed by atoms with van der Waals surface area (Å²) in [7, 11) is 0. The molecule has 1 aromatic carbocycles. The summed E-state index contributed by atoms with van der Waals surface area (Å²) in [6.07, 6.45) is 0. The van der Waals surface area contributed by atoms with E-state index in [0.717, 1.165) is 6.07 Å². The Morgan fingerprint density at radius 2 is 1.78 bits per heavy atom. The Kier molecular flexibility index (Phi) is 2.46. The molecule has 0 aliphatic carbocycles. The molecule has 18 heavy (non-hydrogen) atoms. The molecular formula is C9H8N4O5. The van der Waals surface area contributed by atoms with Gasteiger partial charge in [0.2, 0.25) is 11.1 Å². The van der Waals surface area contributed by atoms with Gasteiger partial charge in [-0.05, 0) is 16.4 Å². The molecule has 0 fully saturated rings. The molecule has 0 radical (unpaired) electrons. The zero-order valence-electron chi connectivity index (χ0n) is 9.48. The Hall–Kier alpha value is -2.58. The molecule has 9 heteroatoms. The first-order valence-corrected chi connectivity index (χ1v) is 4.90. The van der Waals surface area contributed by atoms with Crippen molar-refractivity contribution in [2.75, 3.05) is 0 Å². The number of nitrogens with zero attached hydrogens (tertiary/aromatic N) is 4. The topological polar surface area (TPSA) is 125 Å². The minimum atomic E-state index is -1.44. The van der Waals surface area contributed by atoms with Gasteiger partial charge in [0.25, 0.3) is 0 Å². The molecule has 0 unspecified atom stereocenters. The summed E-state index contributed by atoms with van der Waals surface area (Å²) in [5, 5.41) is 28.7. The molecule has 0 bridgehead atoms. The summed E-state index contributed by atoms with van der Waals surface area (Å²) >= 11 is 0. The van der Waals surface area contributed by atoms with Crippen molar-refractivity contribution in [3.05, 3.63) is 37.9 Å². The van der Waals surface area contributed by atoms with E-state index in [1.807, 2.05) is 0 Å². The minimum Gasteiger partial charge on any atom is -0.264 e.